The average molecular weight is 360 g/mol. The van der Waals surface area contributed by atoms with Crippen molar-refractivity contribution < 1.29 is 16.8 Å². The smallest absolute Gasteiger partial charge is 0.228 e. The van der Waals surface area contributed by atoms with E-state index in [1.807, 2.05) is 12.1 Å². The van der Waals surface area contributed by atoms with Gasteiger partial charge >= 0.3 is 0 Å². The molecule has 0 unspecified atom stereocenters. The largest absolute Gasteiger partial charge is 0.243 e. The maximum Gasteiger partial charge on any atom is 0.243 e. The van der Waals surface area contributed by atoms with Gasteiger partial charge in [0.15, 0.2) is 9.84 Å². The summed E-state index contributed by atoms with van der Waals surface area (Å²) in [6.45, 7) is 9.44. The third-order valence-corrected chi connectivity index (χ3v) is 8.90. The molecule has 23 heavy (non-hydrogen) atoms. The van der Waals surface area contributed by atoms with Crippen molar-refractivity contribution in [2.24, 2.45) is 0 Å². The van der Waals surface area contributed by atoms with Crippen molar-refractivity contribution in [3.63, 3.8) is 0 Å². The van der Waals surface area contributed by atoms with Crippen LogP contribution in [0.1, 0.15) is 40.2 Å². The number of nitrogens with zero attached hydrogens (tertiary/aromatic N) is 1. The lowest BCUT2D eigenvalue weighted by molar-refractivity contribution is 0.327. The molecule has 1 aromatic carbocycles. The van der Waals surface area contributed by atoms with Gasteiger partial charge in [0.05, 0.1) is 15.9 Å². The summed E-state index contributed by atoms with van der Waals surface area (Å²) in [4.78, 5) is 0.212. The summed E-state index contributed by atoms with van der Waals surface area (Å²) in [7, 11) is -6.91. The van der Waals surface area contributed by atoms with Crippen LogP contribution in [0, 0.1) is 0 Å². The highest BCUT2D eigenvalue weighted by atomic mass is 32.2. The van der Waals surface area contributed by atoms with Gasteiger partial charge in [0, 0.05) is 12.6 Å². The zero-order valence-corrected chi connectivity index (χ0v) is 15.9. The first-order chi connectivity index (χ1) is 10.4. The van der Waals surface area contributed by atoms with E-state index in [1.165, 1.54) is 4.31 Å². The molecule has 130 valence electrons. The summed E-state index contributed by atoms with van der Waals surface area (Å²) in [5.74, 6) is -0.127. The van der Waals surface area contributed by atoms with Gasteiger partial charge in [-0.2, -0.15) is 4.31 Å². The van der Waals surface area contributed by atoms with Crippen LogP contribution in [0.3, 0.4) is 0 Å². The molecule has 1 aliphatic rings. The molecule has 0 aliphatic carbocycles. The predicted octanol–water partition coefficient (Wildman–Crippen LogP) is 2.18. The molecule has 2 rings (SSSR count). The fraction of sp³-hybridized carbons (Fsp3) is 0.625. The van der Waals surface area contributed by atoms with Crippen LogP contribution in [0.2, 0.25) is 0 Å². The fourth-order valence-electron chi connectivity index (χ4n) is 2.74. The summed E-state index contributed by atoms with van der Waals surface area (Å²) in [6, 6.07) is 6.29. The molecule has 0 aromatic heterocycles. The van der Waals surface area contributed by atoms with Crippen molar-refractivity contribution in [3.05, 3.63) is 29.8 Å². The third-order valence-electron chi connectivity index (χ3n) is 4.62. The Morgan fingerprint density at radius 1 is 1.09 bits per heavy atom. The first kappa shape index (κ1) is 18.4. The van der Waals surface area contributed by atoms with Gasteiger partial charge in [-0.1, -0.05) is 32.9 Å². The molecule has 0 bridgehead atoms. The first-order valence-electron chi connectivity index (χ1n) is 7.71. The van der Waals surface area contributed by atoms with Gasteiger partial charge in [-0.15, -0.1) is 0 Å². The Balaban J connectivity index is 2.36. The van der Waals surface area contributed by atoms with E-state index in [9.17, 15) is 16.8 Å². The number of hydrogen-bond donors (Lipinski definition) is 0. The van der Waals surface area contributed by atoms with Crippen LogP contribution < -0.4 is 0 Å². The summed E-state index contributed by atoms with van der Waals surface area (Å²) in [6.07, 6.45) is 0. The molecular formula is C16H25NO4S2. The second-order valence-corrected chi connectivity index (χ2v) is 11.6. The monoisotopic (exact) mass is 359 g/mol. The molecule has 1 aliphatic heterocycles. The van der Waals surface area contributed by atoms with Gasteiger partial charge in [0.2, 0.25) is 10.0 Å². The Hall–Kier alpha value is -0.920. The van der Waals surface area contributed by atoms with Crippen LogP contribution in [0.15, 0.2) is 29.2 Å². The topological polar surface area (TPSA) is 71.5 Å². The maximum absolute atomic E-state index is 12.8. The molecule has 0 radical (unpaired) electrons. The average Bonchev–Trinajstić information content (AvgIpc) is 2.44. The number of sulfone groups is 1. The highest BCUT2D eigenvalue weighted by Crippen LogP contribution is 2.28. The molecule has 1 aromatic rings. The van der Waals surface area contributed by atoms with Crippen LogP contribution in [-0.2, 0) is 25.3 Å². The van der Waals surface area contributed by atoms with Crippen molar-refractivity contribution in [1.82, 2.24) is 4.31 Å². The highest BCUT2D eigenvalue weighted by molar-refractivity contribution is 7.92. The summed E-state index contributed by atoms with van der Waals surface area (Å²) >= 11 is 0. The SMILES string of the molecule is C[C@@H]1[C@@H](C)S(=O)(=O)CCN1S(=O)(=O)c1ccc(C(C)(C)C)cc1. The zero-order valence-electron chi connectivity index (χ0n) is 14.3. The third kappa shape index (κ3) is 3.46. The summed E-state index contributed by atoms with van der Waals surface area (Å²) in [5, 5.41) is -0.695. The normalized spacial score (nSPS) is 26.1. The second kappa shape index (κ2) is 5.86. The van der Waals surface area contributed by atoms with Crippen molar-refractivity contribution in [1.29, 1.82) is 0 Å². The van der Waals surface area contributed by atoms with Crippen molar-refractivity contribution in [2.75, 3.05) is 12.3 Å². The van der Waals surface area contributed by atoms with E-state index in [4.69, 9.17) is 0 Å². The number of benzene rings is 1. The van der Waals surface area contributed by atoms with Crippen LogP contribution in [0.4, 0.5) is 0 Å². The van der Waals surface area contributed by atoms with E-state index >= 15 is 0 Å². The highest BCUT2D eigenvalue weighted by Gasteiger charge is 2.41. The lowest BCUT2D eigenvalue weighted by Crippen LogP contribution is -2.54. The molecule has 0 spiro atoms. The summed E-state index contributed by atoms with van der Waals surface area (Å²) < 4.78 is 50.9. The van der Waals surface area contributed by atoms with Gasteiger partial charge < -0.3 is 0 Å². The molecule has 2 atom stereocenters. The van der Waals surface area contributed by atoms with E-state index in [2.05, 4.69) is 20.8 Å². The van der Waals surface area contributed by atoms with E-state index in [0.717, 1.165) is 5.56 Å². The van der Waals surface area contributed by atoms with Gasteiger partial charge in [-0.3, -0.25) is 0 Å². The summed E-state index contributed by atoms with van der Waals surface area (Å²) in [5.41, 5.74) is 1.00. The number of sulfonamides is 1. The van der Waals surface area contributed by atoms with Crippen LogP contribution >= 0.6 is 0 Å². The minimum Gasteiger partial charge on any atom is -0.228 e. The zero-order chi connectivity index (χ0) is 17.6. The van der Waals surface area contributed by atoms with E-state index in [-0.39, 0.29) is 22.6 Å². The molecule has 0 N–H and O–H groups in total. The van der Waals surface area contributed by atoms with Gasteiger partial charge in [0.1, 0.15) is 0 Å². The first-order valence-corrected chi connectivity index (χ1v) is 10.9. The Kier molecular flexibility index (Phi) is 4.69. The number of rotatable bonds is 2. The molecule has 7 heteroatoms. The van der Waals surface area contributed by atoms with Gasteiger partial charge in [0.25, 0.3) is 0 Å². The van der Waals surface area contributed by atoms with E-state index in [0.29, 0.717) is 0 Å². The van der Waals surface area contributed by atoms with E-state index < -0.39 is 31.2 Å². The molecule has 5 nitrogen and oxygen atoms in total. The Morgan fingerprint density at radius 2 is 1.61 bits per heavy atom. The molecule has 1 saturated heterocycles. The van der Waals surface area contributed by atoms with Gasteiger partial charge in [-0.05, 0) is 37.0 Å². The number of hydrogen-bond acceptors (Lipinski definition) is 4. The molecule has 1 heterocycles. The van der Waals surface area contributed by atoms with Crippen molar-refractivity contribution in [3.8, 4) is 0 Å². The Bertz CT molecular complexity index is 774. The molecule has 0 amide bonds. The minimum absolute atomic E-state index is 0.0111. The van der Waals surface area contributed by atoms with Crippen LogP contribution in [0.5, 0.6) is 0 Å². The quantitative estimate of drug-likeness (QED) is 0.811. The van der Waals surface area contributed by atoms with Crippen LogP contribution in [0.25, 0.3) is 0 Å². The molecular weight excluding hydrogens is 334 g/mol. The molecule has 1 fully saturated rings. The minimum atomic E-state index is -3.69. The maximum atomic E-state index is 12.8. The Labute approximate surface area is 139 Å². The lowest BCUT2D eigenvalue weighted by Gasteiger charge is -2.36. The predicted molar refractivity (Wildman–Crippen MR) is 91.7 cm³/mol. The fourth-order valence-corrected chi connectivity index (χ4v) is 6.21. The van der Waals surface area contributed by atoms with Gasteiger partial charge in [-0.25, -0.2) is 16.8 Å². The second-order valence-electron chi connectivity index (χ2n) is 7.20. The molecule has 0 saturated carbocycles. The van der Waals surface area contributed by atoms with Crippen molar-refractivity contribution >= 4 is 19.9 Å². The Morgan fingerprint density at radius 3 is 2.09 bits per heavy atom. The lowest BCUT2D eigenvalue weighted by atomic mass is 9.87. The standard InChI is InChI=1S/C16H25NO4S2/c1-12-13(2)22(18,19)11-10-17(12)23(20,21)15-8-6-14(7-9-15)16(3,4)5/h6-9,12-13H,10-11H2,1-5H3/t12-,13-/m1/s1. The van der Waals surface area contributed by atoms with Crippen molar-refractivity contribution in [2.45, 2.75) is 56.2 Å². The van der Waals surface area contributed by atoms with E-state index in [1.54, 1.807) is 26.0 Å². The van der Waals surface area contributed by atoms with Crippen LogP contribution in [-0.4, -0.2) is 44.7 Å².